The molecule has 0 aromatic carbocycles. The number of halogens is 1. The van der Waals surface area contributed by atoms with Gasteiger partial charge in [0.1, 0.15) is 24.4 Å². The lowest BCUT2D eigenvalue weighted by Gasteiger charge is -2.25. The van der Waals surface area contributed by atoms with Crippen molar-refractivity contribution in [2.75, 3.05) is 33.0 Å². The van der Waals surface area contributed by atoms with Crippen LogP contribution in [0.5, 0.6) is 6.01 Å². The molecule has 8 heteroatoms. The van der Waals surface area contributed by atoms with Gasteiger partial charge < -0.3 is 23.7 Å². The first-order valence-electron chi connectivity index (χ1n) is 12.8. The number of hydrogen-bond acceptors (Lipinski definition) is 7. The maximum Gasteiger partial charge on any atom is 0.319 e. The van der Waals surface area contributed by atoms with Crippen molar-refractivity contribution in [3.63, 3.8) is 0 Å². The molecule has 190 valence electrons. The van der Waals surface area contributed by atoms with Gasteiger partial charge in [-0.1, -0.05) is 53.4 Å². The van der Waals surface area contributed by atoms with Gasteiger partial charge in [-0.15, -0.1) is 0 Å². The molecule has 1 aromatic heterocycles. The fourth-order valence-electron chi connectivity index (χ4n) is 3.59. The Bertz CT molecular complexity index is 651. The molecular formula is C25H43FN2O5. The monoisotopic (exact) mass is 470 g/mol. The third kappa shape index (κ3) is 9.08. The first-order valence-corrected chi connectivity index (χ1v) is 12.8. The molecule has 1 unspecified atom stereocenters. The fourth-order valence-corrected chi connectivity index (χ4v) is 3.59. The highest BCUT2D eigenvalue weighted by molar-refractivity contribution is 5.18. The Morgan fingerprint density at radius 3 is 2.09 bits per heavy atom. The lowest BCUT2D eigenvalue weighted by Crippen LogP contribution is -2.38. The molecule has 2 heterocycles. The molecule has 1 saturated heterocycles. The van der Waals surface area contributed by atoms with Crippen molar-refractivity contribution >= 4 is 0 Å². The summed E-state index contributed by atoms with van der Waals surface area (Å²) in [7, 11) is 0. The summed E-state index contributed by atoms with van der Waals surface area (Å²) in [5.74, 6) is -0.648. The van der Waals surface area contributed by atoms with Gasteiger partial charge in [0, 0.05) is 26.0 Å². The van der Waals surface area contributed by atoms with E-state index in [4.69, 9.17) is 23.7 Å². The quantitative estimate of drug-likeness (QED) is 0.209. The van der Waals surface area contributed by atoms with Crippen LogP contribution in [0.25, 0.3) is 0 Å². The van der Waals surface area contributed by atoms with Crippen LogP contribution in [0, 0.1) is 5.95 Å². The zero-order chi connectivity index (χ0) is 23.9. The highest BCUT2D eigenvalue weighted by atomic mass is 19.1. The topological polar surface area (TPSA) is 71.9 Å². The molecule has 33 heavy (non-hydrogen) atoms. The molecule has 0 aliphatic carbocycles. The molecule has 0 saturated carbocycles. The van der Waals surface area contributed by atoms with E-state index in [1.807, 2.05) is 0 Å². The van der Waals surface area contributed by atoms with Crippen LogP contribution in [0.15, 0.2) is 6.20 Å². The lowest BCUT2D eigenvalue weighted by atomic mass is 10.0. The Labute approximate surface area is 198 Å². The number of hydrogen-bond donors (Lipinski definition) is 0. The van der Waals surface area contributed by atoms with Crippen LogP contribution in [-0.2, 0) is 18.9 Å². The van der Waals surface area contributed by atoms with Crippen LogP contribution in [0.1, 0.15) is 90.7 Å². The maximum atomic E-state index is 15.0. The van der Waals surface area contributed by atoms with Crippen LogP contribution >= 0.6 is 0 Å². The summed E-state index contributed by atoms with van der Waals surface area (Å²) in [5, 5.41) is 0. The molecule has 1 fully saturated rings. The Kier molecular flexibility index (Phi) is 13.8. The van der Waals surface area contributed by atoms with Gasteiger partial charge in [-0.25, -0.2) is 4.98 Å². The molecule has 4 atom stereocenters. The summed E-state index contributed by atoms with van der Waals surface area (Å²) in [5.41, 5.74) is 0.263. The van der Waals surface area contributed by atoms with Crippen molar-refractivity contribution in [3.05, 3.63) is 17.7 Å². The van der Waals surface area contributed by atoms with E-state index in [1.165, 1.54) is 6.20 Å². The summed E-state index contributed by atoms with van der Waals surface area (Å²) in [6, 6.07) is 0.0429. The van der Waals surface area contributed by atoms with E-state index in [2.05, 4.69) is 37.7 Å². The third-order valence-electron chi connectivity index (χ3n) is 5.63. The summed E-state index contributed by atoms with van der Waals surface area (Å²) >= 11 is 0. The number of unbranched alkanes of at least 4 members (excludes halogenated alkanes) is 4. The number of rotatable bonds is 18. The average molecular weight is 471 g/mol. The second kappa shape index (κ2) is 16.3. The van der Waals surface area contributed by atoms with Gasteiger partial charge in [0.05, 0.1) is 18.8 Å². The van der Waals surface area contributed by atoms with Gasteiger partial charge >= 0.3 is 6.01 Å². The van der Waals surface area contributed by atoms with E-state index in [-0.39, 0.29) is 23.8 Å². The molecule has 1 aromatic rings. The summed E-state index contributed by atoms with van der Waals surface area (Å²) < 4.78 is 45.1. The second-order valence-electron chi connectivity index (χ2n) is 8.50. The van der Waals surface area contributed by atoms with E-state index >= 15 is 4.39 Å². The molecule has 1 aliphatic rings. The Morgan fingerprint density at radius 2 is 1.45 bits per heavy atom. The summed E-state index contributed by atoms with van der Waals surface area (Å²) in [6.45, 7) is 11.1. The zero-order valence-electron chi connectivity index (χ0n) is 20.9. The molecule has 0 spiro atoms. The van der Waals surface area contributed by atoms with Gasteiger partial charge in [0.2, 0.25) is 5.95 Å². The molecule has 0 N–H and O–H groups in total. The minimum Gasteiger partial charge on any atom is -0.463 e. The maximum absolute atomic E-state index is 15.0. The van der Waals surface area contributed by atoms with Crippen molar-refractivity contribution < 1.29 is 28.1 Å². The SMILES string of the molecule is CCCCOC[C@H]1O[C@@H](c2cnc(OCCCC)nc2F)[C@@H](OCCCC)C1OCCCC. The molecule has 0 amide bonds. The fraction of sp³-hybridized carbons (Fsp3) is 0.840. The summed E-state index contributed by atoms with van der Waals surface area (Å²) in [4.78, 5) is 8.14. The zero-order valence-corrected chi connectivity index (χ0v) is 20.9. The van der Waals surface area contributed by atoms with Crippen LogP contribution < -0.4 is 4.74 Å². The van der Waals surface area contributed by atoms with Gasteiger partial charge in [0.25, 0.3) is 0 Å². The van der Waals surface area contributed by atoms with Crippen LogP contribution in [0.3, 0.4) is 0 Å². The van der Waals surface area contributed by atoms with Crippen molar-refractivity contribution in [1.82, 2.24) is 9.97 Å². The predicted molar refractivity (Wildman–Crippen MR) is 125 cm³/mol. The Balaban J connectivity index is 2.20. The number of aromatic nitrogens is 2. The predicted octanol–water partition coefficient (Wildman–Crippen LogP) is 5.42. The van der Waals surface area contributed by atoms with E-state index in [9.17, 15) is 0 Å². The van der Waals surface area contributed by atoms with E-state index in [0.29, 0.717) is 33.0 Å². The molecular weight excluding hydrogens is 427 g/mol. The Morgan fingerprint density at radius 1 is 0.848 bits per heavy atom. The second-order valence-corrected chi connectivity index (χ2v) is 8.50. The minimum absolute atomic E-state index is 0.0429. The van der Waals surface area contributed by atoms with Crippen LogP contribution in [0.4, 0.5) is 4.39 Å². The van der Waals surface area contributed by atoms with Crippen molar-refractivity contribution in [3.8, 4) is 6.01 Å². The molecule has 0 bridgehead atoms. The first kappa shape index (κ1) is 27.9. The molecule has 0 radical (unpaired) electrons. The van der Waals surface area contributed by atoms with Crippen LogP contribution in [0.2, 0.25) is 0 Å². The molecule has 2 rings (SSSR count). The molecule has 7 nitrogen and oxygen atoms in total. The number of ether oxygens (including phenoxy) is 5. The third-order valence-corrected chi connectivity index (χ3v) is 5.63. The van der Waals surface area contributed by atoms with Crippen molar-refractivity contribution in [2.24, 2.45) is 0 Å². The standard InChI is InChI=1S/C25H43FN2O5/c1-5-9-13-29-18-20-22(30-14-10-6-2)23(31-15-11-7-3)21(33-20)19-17-27-25(28-24(19)26)32-16-12-8-4/h17,20-23H,5-16,18H2,1-4H3/t20-,21+,22?,23-/m1/s1. The van der Waals surface area contributed by atoms with Crippen molar-refractivity contribution in [2.45, 2.75) is 103 Å². The van der Waals surface area contributed by atoms with E-state index < -0.39 is 18.2 Å². The van der Waals surface area contributed by atoms with E-state index in [0.717, 1.165) is 51.4 Å². The summed E-state index contributed by atoms with van der Waals surface area (Å²) in [6.07, 6.45) is 7.39. The van der Waals surface area contributed by atoms with Gasteiger partial charge in [-0.05, 0) is 25.7 Å². The van der Waals surface area contributed by atoms with Crippen molar-refractivity contribution in [1.29, 1.82) is 0 Å². The minimum atomic E-state index is -0.669. The van der Waals surface area contributed by atoms with Gasteiger partial charge in [-0.3, -0.25) is 0 Å². The Hall–Kier alpha value is -1.35. The number of nitrogens with zero attached hydrogens (tertiary/aromatic N) is 2. The highest BCUT2D eigenvalue weighted by Crippen LogP contribution is 2.38. The van der Waals surface area contributed by atoms with Crippen LogP contribution in [-0.4, -0.2) is 61.3 Å². The normalized spacial score (nSPS) is 22.7. The van der Waals surface area contributed by atoms with Gasteiger partial charge in [0.15, 0.2) is 0 Å². The van der Waals surface area contributed by atoms with Gasteiger partial charge in [-0.2, -0.15) is 9.37 Å². The largest absolute Gasteiger partial charge is 0.463 e. The average Bonchev–Trinajstić information content (AvgIpc) is 3.14. The highest BCUT2D eigenvalue weighted by Gasteiger charge is 2.48. The first-order chi connectivity index (χ1) is 16.2. The lowest BCUT2D eigenvalue weighted by molar-refractivity contribution is -0.0795. The smallest absolute Gasteiger partial charge is 0.319 e. The van der Waals surface area contributed by atoms with E-state index in [1.54, 1.807) is 0 Å². The molecule has 1 aliphatic heterocycles.